The number of rotatable bonds is 3. The van der Waals surface area contributed by atoms with E-state index in [0.29, 0.717) is 11.4 Å². The molecule has 0 aliphatic heterocycles. The van der Waals surface area contributed by atoms with E-state index in [1.807, 2.05) is 24.3 Å². The van der Waals surface area contributed by atoms with E-state index < -0.39 is 0 Å². The zero-order valence-corrected chi connectivity index (χ0v) is 12.4. The number of carbonyl (C=O) groups is 1. The number of anilines is 1. The smallest absolute Gasteiger partial charge is 0.255 e. The lowest BCUT2D eigenvalue weighted by molar-refractivity contribution is 0.102. The van der Waals surface area contributed by atoms with Gasteiger partial charge in [-0.1, -0.05) is 22.0 Å². The molecule has 0 spiro atoms. The summed E-state index contributed by atoms with van der Waals surface area (Å²) in [5.74, 6) is 0.381. The molecule has 0 bridgehead atoms. The van der Waals surface area contributed by atoms with E-state index in [4.69, 9.17) is 0 Å². The van der Waals surface area contributed by atoms with Gasteiger partial charge in [-0.2, -0.15) is 0 Å². The normalized spacial score (nSPS) is 10.3. The average molecular weight is 344 g/mol. The molecule has 0 radical (unpaired) electrons. The highest BCUT2D eigenvalue weighted by atomic mass is 79.9. The predicted molar refractivity (Wildman–Crippen MR) is 81.2 cm³/mol. The van der Waals surface area contributed by atoms with Crippen LogP contribution in [0.5, 0.6) is 0 Å². The van der Waals surface area contributed by atoms with Gasteiger partial charge in [-0.25, -0.2) is 4.98 Å². The van der Waals surface area contributed by atoms with E-state index in [2.05, 4.69) is 36.4 Å². The molecule has 0 saturated heterocycles. The van der Waals surface area contributed by atoms with E-state index in [1.165, 1.54) is 12.7 Å². The molecule has 2 heterocycles. The molecular formula is C14H10BrN5O. The quantitative estimate of drug-likeness (QED) is 0.793. The second-order valence-corrected chi connectivity index (χ2v) is 5.15. The summed E-state index contributed by atoms with van der Waals surface area (Å²) in [6.07, 6.45) is 4.63. The fourth-order valence-corrected chi connectivity index (χ4v) is 2.19. The zero-order chi connectivity index (χ0) is 14.7. The first kappa shape index (κ1) is 13.4. The molecule has 0 atom stereocenters. The average Bonchev–Trinajstić information content (AvgIpc) is 3.02. The van der Waals surface area contributed by atoms with Crippen LogP contribution in [0.4, 0.5) is 5.69 Å². The standard InChI is InChI=1S/C14H10BrN5O/c15-11-2-1-3-12(7-11)19-14(21)10-4-5-16-13(6-10)20-8-17-18-9-20/h1-9H,(H,19,21). The number of hydrogen-bond acceptors (Lipinski definition) is 4. The Kier molecular flexibility index (Phi) is 3.74. The first-order valence-corrected chi connectivity index (χ1v) is 6.90. The van der Waals surface area contributed by atoms with Crippen LogP contribution in [-0.2, 0) is 0 Å². The second-order valence-electron chi connectivity index (χ2n) is 4.24. The predicted octanol–water partition coefficient (Wildman–Crippen LogP) is 2.68. The van der Waals surface area contributed by atoms with Gasteiger partial charge in [0.15, 0.2) is 0 Å². The Balaban J connectivity index is 1.83. The molecule has 1 N–H and O–H groups in total. The third-order valence-electron chi connectivity index (χ3n) is 2.77. The maximum atomic E-state index is 12.3. The van der Waals surface area contributed by atoms with Gasteiger partial charge in [0.25, 0.3) is 5.91 Å². The minimum absolute atomic E-state index is 0.204. The SMILES string of the molecule is O=C(Nc1cccc(Br)c1)c1ccnc(-n2cnnc2)c1. The summed E-state index contributed by atoms with van der Waals surface area (Å²) in [6, 6.07) is 10.7. The molecule has 3 rings (SSSR count). The molecular weight excluding hydrogens is 334 g/mol. The van der Waals surface area contributed by atoms with Crippen LogP contribution in [0.3, 0.4) is 0 Å². The number of benzene rings is 1. The third kappa shape index (κ3) is 3.14. The van der Waals surface area contributed by atoms with E-state index in [-0.39, 0.29) is 5.91 Å². The van der Waals surface area contributed by atoms with Crippen molar-refractivity contribution < 1.29 is 4.79 Å². The highest BCUT2D eigenvalue weighted by molar-refractivity contribution is 9.10. The van der Waals surface area contributed by atoms with Gasteiger partial charge in [0.2, 0.25) is 0 Å². The number of halogens is 1. The number of aromatic nitrogens is 4. The van der Waals surface area contributed by atoms with Gasteiger partial charge >= 0.3 is 0 Å². The summed E-state index contributed by atoms with van der Waals surface area (Å²) in [5, 5.41) is 10.3. The highest BCUT2D eigenvalue weighted by Gasteiger charge is 2.08. The highest BCUT2D eigenvalue weighted by Crippen LogP contribution is 2.17. The summed E-state index contributed by atoms with van der Waals surface area (Å²) in [6.45, 7) is 0. The molecule has 21 heavy (non-hydrogen) atoms. The fraction of sp³-hybridized carbons (Fsp3) is 0. The first-order valence-electron chi connectivity index (χ1n) is 6.10. The van der Waals surface area contributed by atoms with Crippen molar-refractivity contribution >= 4 is 27.5 Å². The Morgan fingerprint density at radius 3 is 2.71 bits per heavy atom. The number of amides is 1. The first-order chi connectivity index (χ1) is 10.2. The molecule has 2 aromatic heterocycles. The maximum Gasteiger partial charge on any atom is 0.255 e. The van der Waals surface area contributed by atoms with Crippen LogP contribution in [0.15, 0.2) is 59.7 Å². The molecule has 0 fully saturated rings. The molecule has 0 unspecified atom stereocenters. The van der Waals surface area contributed by atoms with Crippen molar-refractivity contribution in [1.82, 2.24) is 19.7 Å². The van der Waals surface area contributed by atoms with E-state index in [1.54, 1.807) is 22.9 Å². The van der Waals surface area contributed by atoms with Crippen molar-refractivity contribution in [2.45, 2.75) is 0 Å². The van der Waals surface area contributed by atoms with E-state index in [9.17, 15) is 4.79 Å². The molecule has 7 heteroatoms. The monoisotopic (exact) mass is 343 g/mol. The minimum atomic E-state index is -0.204. The Bertz CT molecular complexity index is 773. The lowest BCUT2D eigenvalue weighted by atomic mass is 10.2. The van der Waals surface area contributed by atoms with Crippen LogP contribution < -0.4 is 5.32 Å². The van der Waals surface area contributed by atoms with Crippen molar-refractivity contribution in [3.05, 3.63) is 65.3 Å². The molecule has 1 aromatic carbocycles. The van der Waals surface area contributed by atoms with Crippen LogP contribution >= 0.6 is 15.9 Å². The third-order valence-corrected chi connectivity index (χ3v) is 3.27. The number of pyridine rings is 1. The molecule has 6 nitrogen and oxygen atoms in total. The Morgan fingerprint density at radius 1 is 1.14 bits per heavy atom. The van der Waals surface area contributed by atoms with Crippen molar-refractivity contribution in [2.24, 2.45) is 0 Å². The van der Waals surface area contributed by atoms with Crippen molar-refractivity contribution in [3.63, 3.8) is 0 Å². The topological polar surface area (TPSA) is 72.7 Å². The minimum Gasteiger partial charge on any atom is -0.322 e. The Labute approximate surface area is 129 Å². The van der Waals surface area contributed by atoms with Crippen molar-refractivity contribution in [2.75, 3.05) is 5.32 Å². The molecule has 1 amide bonds. The molecule has 0 aliphatic rings. The number of hydrogen-bond donors (Lipinski definition) is 1. The van der Waals surface area contributed by atoms with Crippen LogP contribution in [0.25, 0.3) is 5.82 Å². The Hall–Kier alpha value is -2.54. The summed E-state index contributed by atoms with van der Waals surface area (Å²) in [5.41, 5.74) is 1.23. The summed E-state index contributed by atoms with van der Waals surface area (Å²) in [4.78, 5) is 16.4. The van der Waals surface area contributed by atoms with Gasteiger partial charge in [-0.3, -0.25) is 9.36 Å². The Morgan fingerprint density at radius 2 is 1.95 bits per heavy atom. The van der Waals surface area contributed by atoms with E-state index in [0.717, 1.165) is 10.2 Å². The van der Waals surface area contributed by atoms with Crippen LogP contribution in [-0.4, -0.2) is 25.7 Å². The van der Waals surface area contributed by atoms with Gasteiger partial charge in [0.1, 0.15) is 18.5 Å². The van der Waals surface area contributed by atoms with Crippen molar-refractivity contribution in [3.8, 4) is 5.82 Å². The number of nitrogens with one attached hydrogen (secondary N) is 1. The molecule has 0 aliphatic carbocycles. The van der Waals surface area contributed by atoms with Crippen LogP contribution in [0, 0.1) is 0 Å². The van der Waals surface area contributed by atoms with Gasteiger partial charge in [0, 0.05) is 21.9 Å². The van der Waals surface area contributed by atoms with E-state index >= 15 is 0 Å². The lowest BCUT2D eigenvalue weighted by Gasteiger charge is -2.07. The van der Waals surface area contributed by atoms with Gasteiger partial charge < -0.3 is 5.32 Å². The largest absolute Gasteiger partial charge is 0.322 e. The molecule has 3 aromatic rings. The molecule has 0 saturated carbocycles. The second kappa shape index (κ2) is 5.84. The van der Waals surface area contributed by atoms with Gasteiger partial charge in [0.05, 0.1) is 0 Å². The lowest BCUT2D eigenvalue weighted by Crippen LogP contribution is -2.12. The zero-order valence-electron chi connectivity index (χ0n) is 10.8. The summed E-state index contributed by atoms with van der Waals surface area (Å²) >= 11 is 3.37. The van der Waals surface area contributed by atoms with Gasteiger partial charge in [-0.05, 0) is 30.3 Å². The number of carbonyl (C=O) groups excluding carboxylic acids is 1. The summed E-state index contributed by atoms with van der Waals surface area (Å²) < 4.78 is 2.54. The van der Waals surface area contributed by atoms with Gasteiger partial charge in [-0.15, -0.1) is 10.2 Å². The summed E-state index contributed by atoms with van der Waals surface area (Å²) in [7, 11) is 0. The van der Waals surface area contributed by atoms with Crippen molar-refractivity contribution in [1.29, 1.82) is 0 Å². The van der Waals surface area contributed by atoms with Crippen LogP contribution in [0.1, 0.15) is 10.4 Å². The molecule has 104 valence electrons. The number of nitrogens with zero attached hydrogens (tertiary/aromatic N) is 4. The fourth-order valence-electron chi connectivity index (χ4n) is 1.79. The maximum absolute atomic E-state index is 12.3. The van der Waals surface area contributed by atoms with Crippen LogP contribution in [0.2, 0.25) is 0 Å².